The summed E-state index contributed by atoms with van der Waals surface area (Å²) in [7, 11) is 0. The van der Waals surface area contributed by atoms with E-state index in [1.165, 1.54) is 0 Å². The van der Waals surface area contributed by atoms with Gasteiger partial charge in [-0.1, -0.05) is 23.6 Å². The predicted octanol–water partition coefficient (Wildman–Crippen LogP) is 2.66. The van der Waals surface area contributed by atoms with E-state index in [0.29, 0.717) is 49.5 Å². The van der Waals surface area contributed by atoms with Crippen molar-refractivity contribution < 1.29 is 9.21 Å². The van der Waals surface area contributed by atoms with Crippen LogP contribution in [0.5, 0.6) is 0 Å². The summed E-state index contributed by atoms with van der Waals surface area (Å²) >= 11 is 6.08. The van der Waals surface area contributed by atoms with Gasteiger partial charge in [0.05, 0.1) is 6.42 Å². The fraction of sp³-hybridized carbons (Fsp3) is 0.389. The molecule has 4 rings (SSSR count). The van der Waals surface area contributed by atoms with Crippen LogP contribution in [0, 0.1) is 0 Å². The second kappa shape index (κ2) is 6.99. The lowest BCUT2D eigenvalue weighted by atomic mass is 10.1. The van der Waals surface area contributed by atoms with Crippen LogP contribution in [0.15, 0.2) is 28.8 Å². The first-order chi connectivity index (χ1) is 12.6. The number of aromatic nitrogens is 3. The summed E-state index contributed by atoms with van der Waals surface area (Å²) in [4.78, 5) is 19.8. The van der Waals surface area contributed by atoms with Crippen molar-refractivity contribution in [1.29, 1.82) is 0 Å². The number of rotatable bonds is 4. The Morgan fingerprint density at radius 2 is 2.08 bits per heavy atom. The summed E-state index contributed by atoms with van der Waals surface area (Å²) in [6.07, 6.45) is 2.97. The summed E-state index contributed by atoms with van der Waals surface area (Å²) in [5, 5.41) is 9.74. The summed E-state index contributed by atoms with van der Waals surface area (Å²) in [6, 6.07) is 6.21. The van der Waals surface area contributed by atoms with Crippen molar-refractivity contribution in [2.45, 2.75) is 19.8 Å². The van der Waals surface area contributed by atoms with E-state index in [4.69, 9.17) is 16.0 Å². The summed E-state index contributed by atoms with van der Waals surface area (Å²) < 4.78 is 5.60. The molecule has 1 saturated heterocycles. The number of H-pyrrole nitrogens is 1. The number of benzene rings is 1. The van der Waals surface area contributed by atoms with Gasteiger partial charge in [-0.3, -0.25) is 4.79 Å². The van der Waals surface area contributed by atoms with Crippen molar-refractivity contribution in [3.8, 4) is 0 Å². The van der Waals surface area contributed by atoms with Gasteiger partial charge in [-0.05, 0) is 23.8 Å². The standard InChI is InChI=1S/C18H20ClN5O2/c1-2-16-21-22-18(26-16)24-7-5-23(6-8-24)17(25)9-12-11-20-15-4-3-13(19)10-14(12)15/h3-4,10-11,20H,2,5-9H2,1H3. The Morgan fingerprint density at radius 1 is 1.27 bits per heavy atom. The van der Waals surface area contributed by atoms with Crippen LogP contribution in [0.3, 0.4) is 0 Å². The summed E-state index contributed by atoms with van der Waals surface area (Å²) in [5.74, 6) is 0.752. The van der Waals surface area contributed by atoms with Crippen molar-refractivity contribution in [1.82, 2.24) is 20.1 Å². The van der Waals surface area contributed by atoms with Crippen molar-refractivity contribution in [3.05, 3.63) is 40.9 Å². The van der Waals surface area contributed by atoms with Gasteiger partial charge in [0.1, 0.15) is 0 Å². The Bertz CT molecular complexity index is 927. The summed E-state index contributed by atoms with van der Waals surface area (Å²) in [5.41, 5.74) is 1.96. The van der Waals surface area contributed by atoms with Crippen LogP contribution in [-0.2, 0) is 17.6 Å². The van der Waals surface area contributed by atoms with Crippen LogP contribution in [-0.4, -0.2) is 52.2 Å². The number of nitrogens with zero attached hydrogens (tertiary/aromatic N) is 4. The molecule has 136 valence electrons. The fourth-order valence-electron chi connectivity index (χ4n) is 3.23. The second-order valence-electron chi connectivity index (χ2n) is 6.38. The molecule has 8 heteroatoms. The van der Waals surface area contributed by atoms with Crippen LogP contribution in [0.2, 0.25) is 5.02 Å². The van der Waals surface area contributed by atoms with Gasteiger partial charge in [0.25, 0.3) is 0 Å². The van der Waals surface area contributed by atoms with Crippen molar-refractivity contribution in [3.63, 3.8) is 0 Å². The van der Waals surface area contributed by atoms with Gasteiger partial charge in [0, 0.05) is 54.7 Å². The number of halogens is 1. The molecule has 0 bridgehead atoms. The maximum atomic E-state index is 12.7. The molecule has 3 aromatic rings. The number of piperazine rings is 1. The van der Waals surface area contributed by atoms with Crippen LogP contribution in [0.4, 0.5) is 6.01 Å². The minimum Gasteiger partial charge on any atom is -0.408 e. The Morgan fingerprint density at radius 3 is 2.81 bits per heavy atom. The van der Waals surface area contributed by atoms with E-state index in [0.717, 1.165) is 22.9 Å². The molecule has 3 heterocycles. The second-order valence-corrected chi connectivity index (χ2v) is 6.82. The molecule has 1 aromatic carbocycles. The van der Waals surface area contributed by atoms with Crippen LogP contribution >= 0.6 is 11.6 Å². The topological polar surface area (TPSA) is 78.3 Å². The minimum atomic E-state index is 0.116. The third-order valence-electron chi connectivity index (χ3n) is 4.73. The van der Waals surface area contributed by atoms with Crippen LogP contribution < -0.4 is 4.90 Å². The normalized spacial score (nSPS) is 15.0. The van der Waals surface area contributed by atoms with E-state index in [-0.39, 0.29) is 5.91 Å². The smallest absolute Gasteiger partial charge is 0.318 e. The zero-order valence-corrected chi connectivity index (χ0v) is 15.3. The highest BCUT2D eigenvalue weighted by Gasteiger charge is 2.24. The fourth-order valence-corrected chi connectivity index (χ4v) is 3.41. The summed E-state index contributed by atoms with van der Waals surface area (Å²) in [6.45, 7) is 4.65. The number of hydrogen-bond acceptors (Lipinski definition) is 5. The Hall–Kier alpha value is -2.54. The van der Waals surface area contributed by atoms with Crippen LogP contribution in [0.1, 0.15) is 18.4 Å². The van der Waals surface area contributed by atoms with E-state index in [9.17, 15) is 4.79 Å². The van der Waals surface area contributed by atoms with Gasteiger partial charge in [-0.2, -0.15) is 0 Å². The maximum absolute atomic E-state index is 12.7. The van der Waals surface area contributed by atoms with Crippen molar-refractivity contribution in [2.24, 2.45) is 0 Å². The largest absolute Gasteiger partial charge is 0.408 e. The number of anilines is 1. The average Bonchev–Trinajstić information content (AvgIpc) is 3.29. The van der Waals surface area contributed by atoms with Crippen LogP contribution in [0.25, 0.3) is 10.9 Å². The van der Waals surface area contributed by atoms with E-state index >= 15 is 0 Å². The molecule has 1 fully saturated rings. The number of amides is 1. The first-order valence-electron chi connectivity index (χ1n) is 8.74. The number of fused-ring (bicyclic) bond motifs is 1. The third kappa shape index (κ3) is 3.26. The number of aromatic amines is 1. The van der Waals surface area contributed by atoms with Gasteiger partial charge >= 0.3 is 6.01 Å². The Balaban J connectivity index is 1.39. The zero-order valence-electron chi connectivity index (χ0n) is 14.5. The molecule has 0 unspecified atom stereocenters. The Labute approximate surface area is 155 Å². The Kier molecular flexibility index (Phi) is 4.55. The molecule has 1 N–H and O–H groups in total. The number of carbonyl (C=O) groups is 1. The lowest BCUT2D eigenvalue weighted by molar-refractivity contribution is -0.130. The van der Waals surface area contributed by atoms with Crippen molar-refractivity contribution in [2.75, 3.05) is 31.1 Å². The van der Waals surface area contributed by atoms with Crippen molar-refractivity contribution >= 4 is 34.4 Å². The quantitative estimate of drug-likeness (QED) is 0.760. The molecule has 1 aliphatic rings. The van der Waals surface area contributed by atoms with E-state index in [1.54, 1.807) is 0 Å². The lowest BCUT2D eigenvalue weighted by Gasteiger charge is -2.33. The molecular formula is C18H20ClN5O2. The third-order valence-corrected chi connectivity index (χ3v) is 4.97. The molecular weight excluding hydrogens is 354 g/mol. The van der Waals surface area contributed by atoms with E-state index in [2.05, 4.69) is 15.2 Å². The number of nitrogens with one attached hydrogen (secondary N) is 1. The predicted molar refractivity (Wildman–Crippen MR) is 99.5 cm³/mol. The number of carbonyl (C=O) groups excluding carboxylic acids is 1. The van der Waals surface area contributed by atoms with E-state index in [1.807, 2.05) is 41.1 Å². The highest BCUT2D eigenvalue weighted by atomic mass is 35.5. The average molecular weight is 374 g/mol. The molecule has 0 atom stereocenters. The molecule has 0 radical (unpaired) electrons. The van der Waals surface area contributed by atoms with Gasteiger partial charge < -0.3 is 19.2 Å². The monoisotopic (exact) mass is 373 g/mol. The molecule has 2 aromatic heterocycles. The highest BCUT2D eigenvalue weighted by Crippen LogP contribution is 2.23. The molecule has 0 aliphatic carbocycles. The first kappa shape index (κ1) is 16.9. The minimum absolute atomic E-state index is 0.116. The molecule has 26 heavy (non-hydrogen) atoms. The molecule has 0 spiro atoms. The number of aryl methyl sites for hydroxylation is 1. The van der Waals surface area contributed by atoms with Gasteiger partial charge in [0.2, 0.25) is 11.8 Å². The van der Waals surface area contributed by atoms with Gasteiger partial charge in [-0.25, -0.2) is 0 Å². The van der Waals surface area contributed by atoms with Gasteiger partial charge in [-0.15, -0.1) is 5.10 Å². The molecule has 7 nitrogen and oxygen atoms in total. The maximum Gasteiger partial charge on any atom is 0.318 e. The zero-order chi connectivity index (χ0) is 18.1. The molecule has 1 aliphatic heterocycles. The highest BCUT2D eigenvalue weighted by molar-refractivity contribution is 6.31. The molecule has 0 saturated carbocycles. The number of hydrogen-bond donors (Lipinski definition) is 1. The first-order valence-corrected chi connectivity index (χ1v) is 9.12. The SMILES string of the molecule is CCc1nnc(N2CCN(C(=O)Cc3c[nH]c4ccc(Cl)cc34)CC2)o1. The van der Waals surface area contributed by atoms with Gasteiger partial charge in [0.15, 0.2) is 0 Å². The molecule has 1 amide bonds. The van der Waals surface area contributed by atoms with E-state index < -0.39 is 0 Å². The lowest BCUT2D eigenvalue weighted by Crippen LogP contribution is -2.49.